The number of benzene rings is 1. The van der Waals surface area contributed by atoms with Gasteiger partial charge in [0.05, 0.1) is 6.61 Å². The van der Waals surface area contributed by atoms with Gasteiger partial charge < -0.3 is 14.6 Å². The van der Waals surface area contributed by atoms with Gasteiger partial charge in [-0.3, -0.25) is 4.79 Å². The number of aryl methyl sites for hydroxylation is 1. The Morgan fingerprint density at radius 3 is 3.00 bits per heavy atom. The molecule has 2 rings (SSSR count). The third kappa shape index (κ3) is 2.03. The van der Waals surface area contributed by atoms with Crippen molar-refractivity contribution in [1.29, 1.82) is 0 Å². The maximum absolute atomic E-state index is 11.1. The Labute approximate surface area is 87.4 Å². The van der Waals surface area contributed by atoms with Crippen LogP contribution in [0, 0.1) is 0 Å². The summed E-state index contributed by atoms with van der Waals surface area (Å²) in [5.74, 6) is 1.19. The SMILES string of the molecule is CCOC(=O)CCc1ccc(O)c2c1O2. The molecule has 0 aliphatic carbocycles. The van der Waals surface area contributed by atoms with Crippen LogP contribution in [0.5, 0.6) is 17.2 Å². The van der Waals surface area contributed by atoms with Crippen molar-refractivity contribution in [2.75, 3.05) is 6.61 Å². The number of phenols is 1. The molecular formula is C11H12O4. The van der Waals surface area contributed by atoms with Crippen LogP contribution < -0.4 is 4.74 Å². The molecule has 0 spiro atoms. The molecule has 1 aliphatic heterocycles. The molecule has 0 unspecified atom stereocenters. The fourth-order valence-corrected chi connectivity index (χ4v) is 1.45. The van der Waals surface area contributed by atoms with Crippen LogP contribution >= 0.6 is 0 Å². The fourth-order valence-electron chi connectivity index (χ4n) is 1.45. The molecule has 15 heavy (non-hydrogen) atoms. The summed E-state index contributed by atoms with van der Waals surface area (Å²) >= 11 is 0. The quantitative estimate of drug-likeness (QED) is 0.616. The molecule has 0 saturated heterocycles. The molecule has 1 aromatic carbocycles. The summed E-state index contributed by atoms with van der Waals surface area (Å²) in [4.78, 5) is 11.1. The zero-order valence-corrected chi connectivity index (χ0v) is 8.45. The Kier molecular flexibility index (Phi) is 2.49. The Bertz CT molecular complexity index is 398. The molecule has 1 aliphatic rings. The average Bonchev–Trinajstić information content (AvgIpc) is 2.98. The number of esters is 1. The van der Waals surface area contributed by atoms with Gasteiger partial charge >= 0.3 is 5.97 Å². The van der Waals surface area contributed by atoms with Crippen LogP contribution in [0.1, 0.15) is 18.9 Å². The van der Waals surface area contributed by atoms with Gasteiger partial charge in [-0.15, -0.1) is 0 Å². The molecule has 1 heterocycles. The summed E-state index contributed by atoms with van der Waals surface area (Å²) in [5.41, 5.74) is 0.941. The predicted molar refractivity (Wildman–Crippen MR) is 53.1 cm³/mol. The van der Waals surface area contributed by atoms with E-state index < -0.39 is 0 Å². The van der Waals surface area contributed by atoms with Crippen LogP contribution in [0.2, 0.25) is 0 Å². The van der Waals surface area contributed by atoms with Crippen molar-refractivity contribution < 1.29 is 19.4 Å². The summed E-state index contributed by atoms with van der Waals surface area (Å²) in [5, 5.41) is 9.24. The molecular weight excluding hydrogens is 196 g/mol. The first-order chi connectivity index (χ1) is 7.22. The minimum atomic E-state index is -0.208. The van der Waals surface area contributed by atoms with Crippen molar-refractivity contribution in [2.24, 2.45) is 0 Å². The number of ether oxygens (including phenoxy) is 2. The lowest BCUT2D eigenvalue weighted by atomic mass is 10.1. The first kappa shape index (κ1) is 9.83. The van der Waals surface area contributed by atoms with Gasteiger partial charge in [-0.25, -0.2) is 0 Å². The third-order valence-electron chi connectivity index (χ3n) is 2.24. The molecule has 0 radical (unpaired) electrons. The zero-order valence-electron chi connectivity index (χ0n) is 8.45. The second-order valence-corrected chi connectivity index (χ2v) is 3.31. The molecule has 0 bridgehead atoms. The van der Waals surface area contributed by atoms with E-state index in [4.69, 9.17) is 9.47 Å². The van der Waals surface area contributed by atoms with Gasteiger partial charge in [0.1, 0.15) is 0 Å². The largest absolute Gasteiger partial charge is 0.504 e. The molecule has 0 aromatic heterocycles. The average molecular weight is 208 g/mol. The summed E-state index contributed by atoms with van der Waals surface area (Å²) in [7, 11) is 0. The molecule has 1 N–H and O–H groups in total. The van der Waals surface area contributed by atoms with Crippen molar-refractivity contribution in [3.05, 3.63) is 17.7 Å². The molecule has 0 amide bonds. The predicted octanol–water partition coefficient (Wildman–Crippen LogP) is 1.99. The number of carbonyl (C=O) groups is 1. The Balaban J connectivity index is 1.93. The van der Waals surface area contributed by atoms with Crippen molar-refractivity contribution in [3.63, 3.8) is 0 Å². The van der Waals surface area contributed by atoms with Gasteiger partial charge in [0.2, 0.25) is 5.75 Å². The van der Waals surface area contributed by atoms with E-state index in [-0.39, 0.29) is 11.7 Å². The van der Waals surface area contributed by atoms with Crippen molar-refractivity contribution >= 4 is 5.97 Å². The molecule has 0 fully saturated rings. The highest BCUT2D eigenvalue weighted by Crippen LogP contribution is 2.54. The topological polar surface area (TPSA) is 59.1 Å². The molecule has 0 saturated carbocycles. The van der Waals surface area contributed by atoms with Gasteiger partial charge in [0.15, 0.2) is 11.5 Å². The van der Waals surface area contributed by atoms with E-state index >= 15 is 0 Å². The lowest BCUT2D eigenvalue weighted by Gasteiger charge is -2.00. The number of carbonyl (C=O) groups excluding carboxylic acids is 1. The first-order valence-corrected chi connectivity index (χ1v) is 4.90. The van der Waals surface area contributed by atoms with Gasteiger partial charge in [0.25, 0.3) is 0 Å². The second kappa shape index (κ2) is 3.81. The molecule has 80 valence electrons. The Hall–Kier alpha value is -1.71. The maximum Gasteiger partial charge on any atom is 0.306 e. The van der Waals surface area contributed by atoms with E-state index in [1.165, 1.54) is 0 Å². The number of hydrogen-bond donors (Lipinski definition) is 1. The number of hydrogen-bond acceptors (Lipinski definition) is 4. The summed E-state index contributed by atoms with van der Waals surface area (Å²) in [6.07, 6.45) is 0.926. The van der Waals surface area contributed by atoms with E-state index in [2.05, 4.69) is 0 Å². The van der Waals surface area contributed by atoms with E-state index in [1.807, 2.05) is 0 Å². The minimum absolute atomic E-state index is 0.157. The summed E-state index contributed by atoms with van der Waals surface area (Å²) in [6.45, 7) is 2.19. The normalized spacial score (nSPS) is 11.5. The van der Waals surface area contributed by atoms with Crippen LogP contribution in [0.3, 0.4) is 0 Å². The highest BCUT2D eigenvalue weighted by molar-refractivity contribution is 5.71. The third-order valence-corrected chi connectivity index (χ3v) is 2.24. The van der Waals surface area contributed by atoms with Gasteiger partial charge in [-0.05, 0) is 25.0 Å². The lowest BCUT2D eigenvalue weighted by molar-refractivity contribution is -0.143. The number of rotatable bonds is 4. The molecule has 0 atom stereocenters. The molecule has 4 heteroatoms. The van der Waals surface area contributed by atoms with E-state index in [1.54, 1.807) is 19.1 Å². The lowest BCUT2D eigenvalue weighted by Crippen LogP contribution is -2.04. The van der Waals surface area contributed by atoms with Crippen LogP contribution in [-0.2, 0) is 16.0 Å². The van der Waals surface area contributed by atoms with Gasteiger partial charge in [-0.1, -0.05) is 6.07 Å². The van der Waals surface area contributed by atoms with E-state index in [9.17, 15) is 9.90 Å². The highest BCUT2D eigenvalue weighted by Gasteiger charge is 2.28. The maximum atomic E-state index is 11.1. The van der Waals surface area contributed by atoms with E-state index in [0.717, 1.165) is 5.56 Å². The summed E-state index contributed by atoms with van der Waals surface area (Å²) < 4.78 is 9.90. The zero-order chi connectivity index (χ0) is 10.8. The smallest absolute Gasteiger partial charge is 0.306 e. The highest BCUT2D eigenvalue weighted by atomic mass is 16.6. The number of fused-ring (bicyclic) bond motifs is 1. The Morgan fingerprint density at radius 2 is 2.27 bits per heavy atom. The van der Waals surface area contributed by atoms with Crippen LogP contribution in [0.25, 0.3) is 0 Å². The van der Waals surface area contributed by atoms with Crippen LogP contribution in [0.4, 0.5) is 0 Å². The summed E-state index contributed by atoms with van der Waals surface area (Å²) in [6, 6.07) is 3.34. The van der Waals surface area contributed by atoms with Crippen molar-refractivity contribution in [3.8, 4) is 17.2 Å². The van der Waals surface area contributed by atoms with Gasteiger partial charge in [0, 0.05) is 6.42 Å². The van der Waals surface area contributed by atoms with Gasteiger partial charge in [-0.2, -0.15) is 0 Å². The van der Waals surface area contributed by atoms with Crippen molar-refractivity contribution in [1.82, 2.24) is 0 Å². The standard InChI is InChI=1S/C11H12O4/c1-2-14-9(13)6-4-7-3-5-8(12)11-10(7)15-11/h3,5,12H,2,4,6H2,1H3. The van der Waals surface area contributed by atoms with E-state index in [0.29, 0.717) is 30.9 Å². The monoisotopic (exact) mass is 208 g/mol. The molecule has 4 nitrogen and oxygen atoms in total. The van der Waals surface area contributed by atoms with Crippen LogP contribution in [-0.4, -0.2) is 17.7 Å². The minimum Gasteiger partial charge on any atom is -0.504 e. The van der Waals surface area contributed by atoms with Crippen LogP contribution in [0.15, 0.2) is 12.1 Å². The fraction of sp³-hybridized carbons (Fsp3) is 0.364. The first-order valence-electron chi connectivity index (χ1n) is 4.90. The molecule has 1 aromatic rings. The second-order valence-electron chi connectivity index (χ2n) is 3.31. The number of phenolic OH excluding ortho intramolecular Hbond substituents is 1. The Morgan fingerprint density at radius 1 is 1.47 bits per heavy atom. The van der Waals surface area contributed by atoms with Crippen molar-refractivity contribution in [2.45, 2.75) is 19.8 Å². The number of aromatic hydroxyl groups is 1.